The van der Waals surface area contributed by atoms with E-state index in [1.54, 1.807) is 0 Å². The lowest BCUT2D eigenvalue weighted by Crippen LogP contribution is -2.07. The Morgan fingerprint density at radius 2 is 1.90 bits per heavy atom. The van der Waals surface area contributed by atoms with E-state index in [0.717, 1.165) is 36.0 Å². The van der Waals surface area contributed by atoms with Gasteiger partial charge in [0.25, 0.3) is 0 Å². The summed E-state index contributed by atoms with van der Waals surface area (Å²) in [6, 6.07) is 8.30. The molecule has 0 fully saturated rings. The van der Waals surface area contributed by atoms with E-state index in [1.165, 1.54) is 16.8 Å². The molecule has 1 aromatic carbocycles. The van der Waals surface area contributed by atoms with Crippen LogP contribution in [-0.2, 0) is 19.4 Å². The zero-order valence-corrected chi connectivity index (χ0v) is 15.2. The van der Waals surface area contributed by atoms with E-state index in [-0.39, 0.29) is 5.38 Å². The third kappa shape index (κ3) is 3.51. The summed E-state index contributed by atoms with van der Waals surface area (Å²) >= 11 is 10.2. The van der Waals surface area contributed by atoms with Crippen LogP contribution in [0, 0.1) is 0 Å². The Hall–Kier alpha value is -0.800. The first-order valence-corrected chi connectivity index (χ1v) is 8.81. The molecule has 1 heterocycles. The lowest BCUT2D eigenvalue weighted by molar-refractivity contribution is 0.637. The lowest BCUT2D eigenvalue weighted by atomic mass is 10.0. The fourth-order valence-electron chi connectivity index (χ4n) is 2.68. The number of aryl methyl sites for hydroxylation is 1. The number of hydrogen-bond donors (Lipinski definition) is 0. The maximum absolute atomic E-state index is 6.54. The van der Waals surface area contributed by atoms with E-state index in [0.29, 0.717) is 0 Å². The van der Waals surface area contributed by atoms with E-state index in [9.17, 15) is 0 Å². The van der Waals surface area contributed by atoms with Crippen molar-refractivity contribution in [3.05, 3.63) is 51.3 Å². The third-order valence-electron chi connectivity index (χ3n) is 3.79. The summed E-state index contributed by atoms with van der Waals surface area (Å²) in [5.41, 5.74) is 4.90. The van der Waals surface area contributed by atoms with Gasteiger partial charge in [0.1, 0.15) is 0 Å². The van der Waals surface area contributed by atoms with Gasteiger partial charge in [0, 0.05) is 15.7 Å². The number of aromatic nitrogens is 2. The molecule has 0 bridgehead atoms. The molecule has 1 unspecified atom stereocenters. The number of benzene rings is 1. The van der Waals surface area contributed by atoms with Crippen LogP contribution in [-0.4, -0.2) is 9.78 Å². The largest absolute Gasteiger partial charge is 0.265 e. The van der Waals surface area contributed by atoms with Gasteiger partial charge in [-0.3, -0.25) is 4.68 Å². The average Bonchev–Trinajstić information content (AvgIpc) is 2.86. The molecule has 21 heavy (non-hydrogen) atoms. The second-order valence-corrected chi connectivity index (χ2v) is 6.52. The van der Waals surface area contributed by atoms with Gasteiger partial charge in [-0.15, -0.1) is 11.6 Å². The highest BCUT2D eigenvalue weighted by atomic mass is 79.9. The van der Waals surface area contributed by atoms with E-state index >= 15 is 0 Å². The molecule has 0 N–H and O–H groups in total. The van der Waals surface area contributed by atoms with Gasteiger partial charge in [-0.2, -0.15) is 5.10 Å². The van der Waals surface area contributed by atoms with Crippen molar-refractivity contribution in [1.82, 2.24) is 9.78 Å². The SMILES string of the molecule is CCc1nn(Cc2ccccc2Br)c(CC)c1C(Cl)CC. The molecule has 2 aromatic rings. The van der Waals surface area contributed by atoms with Crippen LogP contribution < -0.4 is 0 Å². The van der Waals surface area contributed by atoms with Crippen LogP contribution in [0.15, 0.2) is 28.7 Å². The molecule has 4 heteroatoms. The van der Waals surface area contributed by atoms with Gasteiger partial charge in [-0.1, -0.05) is 54.9 Å². The number of rotatable bonds is 6. The fourth-order valence-corrected chi connectivity index (χ4v) is 3.35. The van der Waals surface area contributed by atoms with Gasteiger partial charge in [0.2, 0.25) is 0 Å². The van der Waals surface area contributed by atoms with Crippen LogP contribution in [0.5, 0.6) is 0 Å². The zero-order valence-electron chi connectivity index (χ0n) is 12.9. The normalized spacial score (nSPS) is 12.6. The maximum atomic E-state index is 6.54. The molecule has 2 nitrogen and oxygen atoms in total. The summed E-state index contributed by atoms with van der Waals surface area (Å²) in [6.07, 6.45) is 2.81. The lowest BCUT2D eigenvalue weighted by Gasteiger charge is -2.11. The van der Waals surface area contributed by atoms with Crippen molar-refractivity contribution in [3.63, 3.8) is 0 Å². The Balaban J connectivity index is 2.44. The predicted octanol–water partition coefficient (Wildman–Crippen LogP) is 5.51. The van der Waals surface area contributed by atoms with Crippen molar-refractivity contribution >= 4 is 27.5 Å². The standard InChI is InChI=1S/C17H22BrClN2/c1-4-14(19)17-15(5-2)20-21(16(17)6-3)11-12-9-7-8-10-13(12)18/h7-10,14H,4-6,11H2,1-3H3. The quantitative estimate of drug-likeness (QED) is 0.614. The van der Waals surface area contributed by atoms with Gasteiger partial charge in [-0.05, 0) is 30.9 Å². The van der Waals surface area contributed by atoms with Crippen LogP contribution in [0.2, 0.25) is 0 Å². The van der Waals surface area contributed by atoms with Crippen molar-refractivity contribution in [2.24, 2.45) is 0 Å². The van der Waals surface area contributed by atoms with E-state index in [4.69, 9.17) is 16.7 Å². The molecule has 0 saturated carbocycles. The summed E-state index contributed by atoms with van der Waals surface area (Å²) in [6.45, 7) is 7.23. The van der Waals surface area contributed by atoms with Crippen molar-refractivity contribution in [2.45, 2.75) is 52.0 Å². The summed E-state index contributed by atoms with van der Waals surface area (Å²) in [7, 11) is 0. The maximum Gasteiger partial charge on any atom is 0.0673 e. The summed E-state index contributed by atoms with van der Waals surface area (Å²) in [4.78, 5) is 0. The Kier molecular flexibility index (Phi) is 5.88. The molecule has 0 spiro atoms. The first-order valence-electron chi connectivity index (χ1n) is 7.58. The molecule has 114 valence electrons. The van der Waals surface area contributed by atoms with Crippen molar-refractivity contribution in [2.75, 3.05) is 0 Å². The molecule has 2 rings (SSSR count). The molecule has 0 radical (unpaired) electrons. The van der Waals surface area contributed by atoms with E-state index in [2.05, 4.69) is 59.6 Å². The van der Waals surface area contributed by atoms with Crippen LogP contribution in [0.25, 0.3) is 0 Å². The smallest absolute Gasteiger partial charge is 0.0673 e. The van der Waals surface area contributed by atoms with Crippen molar-refractivity contribution in [3.8, 4) is 0 Å². The van der Waals surface area contributed by atoms with Crippen molar-refractivity contribution < 1.29 is 0 Å². The Bertz CT molecular complexity index is 607. The Morgan fingerprint density at radius 3 is 2.48 bits per heavy atom. The molecule has 1 atom stereocenters. The topological polar surface area (TPSA) is 17.8 Å². The highest BCUT2D eigenvalue weighted by Gasteiger charge is 2.21. The monoisotopic (exact) mass is 368 g/mol. The number of nitrogens with zero attached hydrogens (tertiary/aromatic N) is 2. The van der Waals surface area contributed by atoms with Crippen molar-refractivity contribution in [1.29, 1.82) is 0 Å². The Labute approximate surface area is 140 Å². The summed E-state index contributed by atoms with van der Waals surface area (Å²) < 4.78 is 3.25. The molecule has 0 aliphatic carbocycles. The summed E-state index contributed by atoms with van der Waals surface area (Å²) in [5.74, 6) is 0. The first kappa shape index (κ1) is 16.6. The highest BCUT2D eigenvalue weighted by molar-refractivity contribution is 9.10. The van der Waals surface area contributed by atoms with E-state index in [1.807, 2.05) is 6.07 Å². The minimum absolute atomic E-state index is 0.0582. The van der Waals surface area contributed by atoms with Gasteiger partial charge < -0.3 is 0 Å². The van der Waals surface area contributed by atoms with E-state index < -0.39 is 0 Å². The predicted molar refractivity (Wildman–Crippen MR) is 93.1 cm³/mol. The molecule has 0 aliphatic rings. The number of hydrogen-bond acceptors (Lipinski definition) is 1. The molecular formula is C17H22BrClN2. The zero-order chi connectivity index (χ0) is 15.4. The van der Waals surface area contributed by atoms with Crippen LogP contribution >= 0.6 is 27.5 Å². The molecular weight excluding hydrogens is 348 g/mol. The summed E-state index contributed by atoms with van der Waals surface area (Å²) in [5, 5.41) is 4.87. The van der Waals surface area contributed by atoms with Crippen LogP contribution in [0.3, 0.4) is 0 Å². The van der Waals surface area contributed by atoms with Gasteiger partial charge >= 0.3 is 0 Å². The third-order valence-corrected chi connectivity index (χ3v) is 5.09. The fraction of sp³-hybridized carbons (Fsp3) is 0.471. The van der Waals surface area contributed by atoms with Gasteiger partial charge in [0.15, 0.2) is 0 Å². The van der Waals surface area contributed by atoms with Gasteiger partial charge in [0.05, 0.1) is 17.6 Å². The van der Waals surface area contributed by atoms with Crippen LogP contribution in [0.1, 0.15) is 55.1 Å². The minimum Gasteiger partial charge on any atom is -0.265 e. The van der Waals surface area contributed by atoms with Gasteiger partial charge in [-0.25, -0.2) is 0 Å². The minimum atomic E-state index is 0.0582. The molecule has 0 aliphatic heterocycles. The molecule has 0 amide bonds. The second-order valence-electron chi connectivity index (χ2n) is 5.14. The molecule has 0 saturated heterocycles. The molecule has 1 aromatic heterocycles. The number of alkyl halides is 1. The first-order chi connectivity index (χ1) is 10.1. The Morgan fingerprint density at radius 1 is 1.19 bits per heavy atom. The highest BCUT2D eigenvalue weighted by Crippen LogP contribution is 2.31. The van der Waals surface area contributed by atoms with Crippen LogP contribution in [0.4, 0.5) is 0 Å². The number of halogens is 2. The average molecular weight is 370 g/mol. The second kappa shape index (κ2) is 7.46.